The van der Waals surface area contributed by atoms with Crippen LogP contribution >= 0.6 is 0 Å². The minimum Gasteiger partial charge on any atom is -0.399 e. The lowest BCUT2D eigenvalue weighted by Gasteiger charge is -2.27. The second-order valence-electron chi connectivity index (χ2n) is 8.40. The van der Waals surface area contributed by atoms with E-state index in [-0.39, 0.29) is 11.8 Å². The largest absolute Gasteiger partial charge is 0.399 e. The van der Waals surface area contributed by atoms with Crippen LogP contribution in [0.3, 0.4) is 0 Å². The van der Waals surface area contributed by atoms with Crippen molar-refractivity contribution in [3.63, 3.8) is 0 Å². The molecule has 3 N–H and O–H groups in total. The van der Waals surface area contributed by atoms with Gasteiger partial charge in [0.15, 0.2) is 0 Å². The third-order valence-corrected chi connectivity index (χ3v) is 6.23. The summed E-state index contributed by atoms with van der Waals surface area (Å²) in [6.07, 6.45) is 0.661. The van der Waals surface area contributed by atoms with Crippen LogP contribution in [-0.4, -0.2) is 29.8 Å². The first-order valence-corrected chi connectivity index (χ1v) is 11.1. The minimum absolute atomic E-state index is 0.215. The number of hydrogen-bond acceptors (Lipinski definition) is 4. The first kappa shape index (κ1) is 20.8. The number of nitrogens with zero attached hydrogens (tertiary/aromatic N) is 1. The van der Waals surface area contributed by atoms with Gasteiger partial charge in [0.2, 0.25) is 0 Å². The van der Waals surface area contributed by atoms with Crippen molar-refractivity contribution < 1.29 is 9.59 Å². The lowest BCUT2D eigenvalue weighted by molar-refractivity contribution is 0.0610. The van der Waals surface area contributed by atoms with Crippen LogP contribution in [0.2, 0.25) is 0 Å². The Hall–Kier alpha value is -4.12. The van der Waals surface area contributed by atoms with Crippen LogP contribution < -0.4 is 11.1 Å². The average Bonchev–Trinajstić information content (AvgIpc) is 2.84. The van der Waals surface area contributed by atoms with Crippen LogP contribution in [0.4, 0.5) is 11.4 Å². The molecule has 1 aliphatic heterocycles. The van der Waals surface area contributed by atoms with Gasteiger partial charge >= 0.3 is 0 Å². The zero-order valence-electron chi connectivity index (χ0n) is 18.5. The molecule has 5 rings (SSSR count). The normalized spacial score (nSPS) is 12.9. The Morgan fingerprint density at radius 3 is 2.09 bits per heavy atom. The molecule has 33 heavy (non-hydrogen) atoms. The summed E-state index contributed by atoms with van der Waals surface area (Å²) in [5.74, 6) is -0.431. The van der Waals surface area contributed by atoms with Gasteiger partial charge in [0.1, 0.15) is 0 Å². The van der Waals surface area contributed by atoms with Crippen molar-refractivity contribution in [2.24, 2.45) is 0 Å². The highest BCUT2D eigenvalue weighted by atomic mass is 16.2. The fourth-order valence-electron chi connectivity index (χ4n) is 4.39. The number of hydrogen-bond donors (Lipinski definition) is 2. The van der Waals surface area contributed by atoms with Gasteiger partial charge in [-0.05, 0) is 71.8 Å². The highest BCUT2D eigenvalue weighted by Crippen LogP contribution is 2.30. The maximum absolute atomic E-state index is 13.0. The maximum atomic E-state index is 13.0. The SMILES string of the molecule is Cc1cc(-c2ccc(NCCCN3C(=O)c4cccc5cccc(c45)C3=O)cc2)ccc1N. The molecule has 0 aromatic heterocycles. The number of rotatable bonds is 6. The van der Waals surface area contributed by atoms with Gasteiger partial charge in [0.05, 0.1) is 0 Å². The molecule has 1 heterocycles. The highest BCUT2D eigenvalue weighted by Gasteiger charge is 2.31. The van der Waals surface area contributed by atoms with E-state index in [1.54, 1.807) is 12.1 Å². The Bertz CT molecular complexity index is 1330. The second-order valence-corrected chi connectivity index (χ2v) is 8.40. The standard InChI is InChI=1S/C28H25N3O2/c1-18-17-21(11-14-25(18)29)19-9-12-22(13-10-19)30-15-4-16-31-27(32)23-7-2-5-20-6-3-8-24(26(20)23)28(31)33/h2-3,5-14,17,30H,4,15-16,29H2,1H3. The van der Waals surface area contributed by atoms with Gasteiger partial charge in [-0.3, -0.25) is 14.5 Å². The fraction of sp³-hybridized carbons (Fsp3) is 0.143. The predicted molar refractivity (Wildman–Crippen MR) is 133 cm³/mol. The monoisotopic (exact) mass is 435 g/mol. The Labute approximate surface area is 192 Å². The van der Waals surface area contributed by atoms with Crippen molar-refractivity contribution in [2.45, 2.75) is 13.3 Å². The van der Waals surface area contributed by atoms with Gasteiger partial charge < -0.3 is 11.1 Å². The molecule has 5 nitrogen and oxygen atoms in total. The van der Waals surface area contributed by atoms with Crippen LogP contribution in [0.15, 0.2) is 78.9 Å². The average molecular weight is 436 g/mol. The number of anilines is 2. The van der Waals surface area contributed by atoms with Crippen LogP contribution in [0, 0.1) is 6.92 Å². The molecule has 0 fully saturated rings. The molecule has 0 spiro atoms. The number of benzene rings is 4. The Morgan fingerprint density at radius 1 is 0.818 bits per heavy atom. The van der Waals surface area contributed by atoms with E-state index in [0.29, 0.717) is 30.6 Å². The molecule has 0 radical (unpaired) electrons. The molecular weight excluding hydrogens is 410 g/mol. The topological polar surface area (TPSA) is 75.4 Å². The summed E-state index contributed by atoms with van der Waals surface area (Å²) < 4.78 is 0. The zero-order valence-corrected chi connectivity index (χ0v) is 18.5. The molecule has 0 saturated heterocycles. The molecule has 0 aliphatic carbocycles. The molecule has 0 atom stereocenters. The second kappa shape index (κ2) is 8.43. The van der Waals surface area contributed by atoms with Crippen molar-refractivity contribution in [3.8, 4) is 11.1 Å². The lowest BCUT2D eigenvalue weighted by Crippen LogP contribution is -2.41. The van der Waals surface area contributed by atoms with Crippen molar-refractivity contribution >= 4 is 34.0 Å². The van der Waals surface area contributed by atoms with Gasteiger partial charge in [-0.25, -0.2) is 0 Å². The highest BCUT2D eigenvalue weighted by molar-refractivity contribution is 6.25. The van der Waals surface area contributed by atoms with E-state index < -0.39 is 0 Å². The molecule has 0 unspecified atom stereocenters. The Morgan fingerprint density at radius 2 is 1.45 bits per heavy atom. The van der Waals surface area contributed by atoms with E-state index in [9.17, 15) is 9.59 Å². The third-order valence-electron chi connectivity index (χ3n) is 6.23. The van der Waals surface area contributed by atoms with E-state index in [2.05, 4.69) is 23.5 Å². The Kier molecular flexibility index (Phi) is 5.31. The molecule has 2 amide bonds. The van der Waals surface area contributed by atoms with Crippen molar-refractivity contribution in [3.05, 3.63) is 95.6 Å². The minimum atomic E-state index is -0.215. The number of nitrogen functional groups attached to an aromatic ring is 1. The summed E-state index contributed by atoms with van der Waals surface area (Å²) in [6.45, 7) is 3.03. The number of carbonyl (C=O) groups is 2. The van der Waals surface area contributed by atoms with Crippen molar-refractivity contribution in [1.29, 1.82) is 0 Å². The molecule has 164 valence electrons. The molecule has 1 aliphatic rings. The summed E-state index contributed by atoms with van der Waals surface area (Å²) in [5.41, 5.74) is 12.2. The molecule has 0 bridgehead atoms. The molecule has 0 saturated carbocycles. The fourth-order valence-corrected chi connectivity index (χ4v) is 4.39. The summed E-state index contributed by atoms with van der Waals surface area (Å²) >= 11 is 0. The number of aryl methyl sites for hydroxylation is 1. The number of nitrogens with two attached hydrogens (primary N) is 1. The van der Waals surface area contributed by atoms with E-state index in [1.165, 1.54) is 4.90 Å². The summed E-state index contributed by atoms with van der Waals surface area (Å²) in [4.78, 5) is 27.3. The van der Waals surface area contributed by atoms with Crippen LogP contribution in [-0.2, 0) is 0 Å². The zero-order chi connectivity index (χ0) is 22.9. The van der Waals surface area contributed by atoms with Gasteiger partial charge in [-0.15, -0.1) is 0 Å². The predicted octanol–water partition coefficient (Wildman–Crippen LogP) is 5.50. The number of nitrogens with one attached hydrogen (secondary N) is 1. The number of imide groups is 1. The maximum Gasteiger partial charge on any atom is 0.261 e. The lowest BCUT2D eigenvalue weighted by atomic mass is 9.94. The van der Waals surface area contributed by atoms with Gasteiger partial charge in [-0.2, -0.15) is 0 Å². The van der Waals surface area contributed by atoms with E-state index >= 15 is 0 Å². The van der Waals surface area contributed by atoms with Crippen molar-refractivity contribution in [2.75, 3.05) is 24.1 Å². The van der Waals surface area contributed by atoms with Gasteiger partial charge in [0.25, 0.3) is 11.8 Å². The quantitative estimate of drug-likeness (QED) is 0.238. The summed E-state index contributed by atoms with van der Waals surface area (Å²) in [6, 6.07) is 25.5. The molecule has 5 heteroatoms. The van der Waals surface area contributed by atoms with Crippen LogP contribution in [0.1, 0.15) is 32.7 Å². The smallest absolute Gasteiger partial charge is 0.261 e. The Balaban J connectivity index is 1.21. The number of amides is 2. The third kappa shape index (κ3) is 3.82. The van der Waals surface area contributed by atoms with Crippen LogP contribution in [0.5, 0.6) is 0 Å². The molecule has 4 aromatic carbocycles. The van der Waals surface area contributed by atoms with Gasteiger partial charge in [0, 0.05) is 41.0 Å². The van der Waals surface area contributed by atoms with Gasteiger partial charge in [-0.1, -0.05) is 42.5 Å². The first-order valence-electron chi connectivity index (χ1n) is 11.1. The van der Waals surface area contributed by atoms with Crippen molar-refractivity contribution in [1.82, 2.24) is 4.90 Å². The first-order chi connectivity index (χ1) is 16.0. The van der Waals surface area contributed by atoms with E-state index in [1.807, 2.05) is 55.5 Å². The number of carbonyl (C=O) groups excluding carboxylic acids is 2. The van der Waals surface area contributed by atoms with Crippen LogP contribution in [0.25, 0.3) is 21.9 Å². The summed E-state index contributed by atoms with van der Waals surface area (Å²) in [5, 5.41) is 5.07. The molecular formula is C28H25N3O2. The summed E-state index contributed by atoms with van der Waals surface area (Å²) in [7, 11) is 0. The molecule has 4 aromatic rings. The van der Waals surface area contributed by atoms with E-state index in [4.69, 9.17) is 5.73 Å². The van der Waals surface area contributed by atoms with E-state index in [0.717, 1.165) is 38.8 Å².